The summed E-state index contributed by atoms with van der Waals surface area (Å²) in [7, 11) is 1.55. The van der Waals surface area contributed by atoms with E-state index in [1.165, 1.54) is 17.4 Å². The Labute approximate surface area is 191 Å². The Balaban J connectivity index is 1.81. The number of ether oxygens (including phenoxy) is 2. The van der Waals surface area contributed by atoms with Gasteiger partial charge in [0.25, 0.3) is 5.91 Å². The number of hydrogen-bond acceptors (Lipinski definition) is 5. The third kappa shape index (κ3) is 5.25. The van der Waals surface area contributed by atoms with Crippen LogP contribution in [-0.4, -0.2) is 25.5 Å². The molecule has 1 heterocycles. The van der Waals surface area contributed by atoms with E-state index in [9.17, 15) is 9.59 Å². The molecule has 0 atom stereocenters. The van der Waals surface area contributed by atoms with Crippen molar-refractivity contribution >= 4 is 34.2 Å². The van der Waals surface area contributed by atoms with Crippen LogP contribution >= 0.6 is 11.3 Å². The zero-order valence-corrected chi connectivity index (χ0v) is 18.7. The third-order valence-electron chi connectivity index (χ3n) is 4.60. The van der Waals surface area contributed by atoms with E-state index in [0.717, 1.165) is 21.6 Å². The number of hydrogen-bond donors (Lipinski definition) is 2. The predicted octanol–water partition coefficient (Wildman–Crippen LogP) is 5.05. The number of nitrogens with one attached hydrogen (secondary N) is 1. The molecule has 32 heavy (non-hydrogen) atoms. The molecule has 0 aliphatic carbocycles. The van der Waals surface area contributed by atoms with Crippen molar-refractivity contribution in [1.29, 1.82) is 0 Å². The number of aryl methyl sites for hydroxylation is 1. The van der Waals surface area contributed by atoms with Crippen LogP contribution in [0.5, 0.6) is 11.5 Å². The minimum Gasteiger partial charge on any atom is -0.493 e. The van der Waals surface area contributed by atoms with E-state index in [0.29, 0.717) is 28.7 Å². The van der Waals surface area contributed by atoms with Crippen molar-refractivity contribution in [1.82, 2.24) is 0 Å². The molecular weight excluding hydrogens is 424 g/mol. The number of rotatable bonds is 9. The molecule has 0 saturated heterocycles. The standard InChI is InChI=1S/C25H24N2O4S/c1-4-14-31-19-12-10-17(15-20(19)30-3)11-13-21(28)27-25-23(24(26)29)22(16(2)32-25)18-8-6-5-7-9-18/h4-13,15H,1,14H2,2-3H3,(H2,26,29)(H,27,28)/b13-11+. The van der Waals surface area contributed by atoms with E-state index in [1.54, 1.807) is 31.4 Å². The third-order valence-corrected chi connectivity index (χ3v) is 5.62. The van der Waals surface area contributed by atoms with Gasteiger partial charge in [-0.1, -0.05) is 49.1 Å². The first-order chi connectivity index (χ1) is 15.4. The SMILES string of the molecule is C=CCOc1ccc(/C=C/C(=O)Nc2sc(C)c(-c3ccccc3)c2C(N)=O)cc1OC. The van der Waals surface area contributed by atoms with Gasteiger partial charge < -0.3 is 20.5 Å². The second-order valence-electron chi connectivity index (χ2n) is 6.80. The average molecular weight is 449 g/mol. The van der Waals surface area contributed by atoms with Crippen LogP contribution in [0, 0.1) is 6.92 Å². The number of nitrogens with two attached hydrogens (primary N) is 1. The van der Waals surface area contributed by atoms with E-state index in [1.807, 2.05) is 43.3 Å². The quantitative estimate of drug-likeness (QED) is 0.354. The van der Waals surface area contributed by atoms with Gasteiger partial charge in [0.2, 0.25) is 5.91 Å². The number of anilines is 1. The van der Waals surface area contributed by atoms with Crippen molar-refractivity contribution in [2.75, 3.05) is 19.0 Å². The molecule has 0 bridgehead atoms. The van der Waals surface area contributed by atoms with Crippen molar-refractivity contribution in [3.8, 4) is 22.6 Å². The van der Waals surface area contributed by atoms with Gasteiger partial charge in [-0.2, -0.15) is 0 Å². The number of amides is 2. The maximum atomic E-state index is 12.6. The number of benzene rings is 2. The molecule has 3 aromatic rings. The summed E-state index contributed by atoms with van der Waals surface area (Å²) in [6.45, 7) is 5.88. The van der Waals surface area contributed by atoms with E-state index < -0.39 is 5.91 Å². The molecule has 0 spiro atoms. The molecule has 0 aliphatic heterocycles. The van der Waals surface area contributed by atoms with Crippen LogP contribution in [-0.2, 0) is 4.79 Å². The molecule has 0 unspecified atom stereocenters. The normalized spacial score (nSPS) is 10.7. The highest BCUT2D eigenvalue weighted by Gasteiger charge is 2.22. The van der Waals surface area contributed by atoms with E-state index >= 15 is 0 Å². The summed E-state index contributed by atoms with van der Waals surface area (Å²) in [4.78, 5) is 25.7. The Bertz CT molecular complexity index is 1170. The first kappa shape index (κ1) is 22.8. The minimum absolute atomic E-state index is 0.311. The van der Waals surface area contributed by atoms with Crippen LogP contribution in [0.4, 0.5) is 5.00 Å². The first-order valence-corrected chi connectivity index (χ1v) is 10.7. The van der Waals surface area contributed by atoms with Crippen molar-refractivity contribution in [2.45, 2.75) is 6.92 Å². The number of carbonyl (C=O) groups excluding carboxylic acids is 2. The summed E-state index contributed by atoms with van der Waals surface area (Å²) >= 11 is 1.32. The summed E-state index contributed by atoms with van der Waals surface area (Å²) in [6, 6.07) is 14.8. The topological polar surface area (TPSA) is 90.6 Å². The van der Waals surface area contributed by atoms with Crippen LogP contribution in [0.3, 0.4) is 0 Å². The highest BCUT2D eigenvalue weighted by Crippen LogP contribution is 2.39. The molecule has 6 nitrogen and oxygen atoms in total. The van der Waals surface area contributed by atoms with Crippen molar-refractivity contribution in [3.05, 3.63) is 83.3 Å². The van der Waals surface area contributed by atoms with E-state index in [2.05, 4.69) is 11.9 Å². The second-order valence-corrected chi connectivity index (χ2v) is 8.02. The number of primary amides is 1. The van der Waals surface area contributed by atoms with Gasteiger partial charge in [-0.25, -0.2) is 0 Å². The molecule has 0 saturated carbocycles. The molecular formula is C25H24N2O4S. The van der Waals surface area contributed by atoms with Gasteiger partial charge in [-0.3, -0.25) is 9.59 Å². The Kier molecular flexibility index (Phi) is 7.46. The van der Waals surface area contributed by atoms with Crippen molar-refractivity contribution in [2.24, 2.45) is 5.73 Å². The molecule has 0 radical (unpaired) electrons. The fraction of sp³-hybridized carbons (Fsp3) is 0.120. The zero-order chi connectivity index (χ0) is 23.1. The number of methoxy groups -OCH3 is 1. The fourth-order valence-electron chi connectivity index (χ4n) is 3.20. The highest BCUT2D eigenvalue weighted by atomic mass is 32.1. The highest BCUT2D eigenvalue weighted by molar-refractivity contribution is 7.17. The lowest BCUT2D eigenvalue weighted by Gasteiger charge is -2.09. The smallest absolute Gasteiger partial charge is 0.252 e. The van der Waals surface area contributed by atoms with Crippen LogP contribution in [0.25, 0.3) is 17.2 Å². The summed E-state index contributed by atoms with van der Waals surface area (Å²) in [6.07, 6.45) is 4.69. The lowest BCUT2D eigenvalue weighted by molar-refractivity contribution is -0.111. The Morgan fingerprint density at radius 2 is 1.91 bits per heavy atom. The van der Waals surface area contributed by atoms with Gasteiger partial charge >= 0.3 is 0 Å². The molecule has 7 heteroatoms. The summed E-state index contributed by atoms with van der Waals surface area (Å²) in [5.74, 6) is 0.168. The van der Waals surface area contributed by atoms with Gasteiger partial charge in [0.15, 0.2) is 11.5 Å². The lowest BCUT2D eigenvalue weighted by atomic mass is 10.0. The summed E-state index contributed by atoms with van der Waals surface area (Å²) < 4.78 is 10.9. The van der Waals surface area contributed by atoms with Crippen molar-refractivity contribution in [3.63, 3.8) is 0 Å². The largest absolute Gasteiger partial charge is 0.493 e. The monoisotopic (exact) mass is 448 g/mol. The Hall–Kier alpha value is -3.84. The van der Waals surface area contributed by atoms with Crippen LogP contribution in [0.15, 0.2) is 67.3 Å². The molecule has 164 valence electrons. The van der Waals surface area contributed by atoms with Crippen LogP contribution in [0.2, 0.25) is 0 Å². The predicted molar refractivity (Wildman–Crippen MR) is 129 cm³/mol. The molecule has 3 rings (SSSR count). The second kappa shape index (κ2) is 10.5. The summed E-state index contributed by atoms with van der Waals surface area (Å²) in [5, 5.41) is 3.21. The molecule has 2 amide bonds. The molecule has 0 fully saturated rings. The summed E-state index contributed by atoms with van der Waals surface area (Å²) in [5.41, 5.74) is 8.33. The van der Waals surface area contributed by atoms with E-state index in [4.69, 9.17) is 15.2 Å². The minimum atomic E-state index is -0.590. The first-order valence-electron chi connectivity index (χ1n) is 9.84. The fourth-order valence-corrected chi connectivity index (χ4v) is 4.29. The number of carbonyl (C=O) groups is 2. The molecule has 3 N–H and O–H groups in total. The van der Waals surface area contributed by atoms with Crippen LogP contribution < -0.4 is 20.5 Å². The van der Waals surface area contributed by atoms with E-state index in [-0.39, 0.29) is 5.91 Å². The Morgan fingerprint density at radius 3 is 2.56 bits per heavy atom. The van der Waals surface area contributed by atoms with Gasteiger partial charge in [0.1, 0.15) is 11.6 Å². The van der Waals surface area contributed by atoms with Crippen LogP contribution in [0.1, 0.15) is 20.8 Å². The molecule has 1 aromatic heterocycles. The molecule has 0 aliphatic rings. The van der Waals surface area contributed by atoms with Gasteiger partial charge in [-0.15, -0.1) is 11.3 Å². The van der Waals surface area contributed by atoms with Gasteiger partial charge in [0, 0.05) is 16.5 Å². The van der Waals surface area contributed by atoms with Gasteiger partial charge in [0.05, 0.1) is 12.7 Å². The maximum Gasteiger partial charge on any atom is 0.252 e. The van der Waals surface area contributed by atoms with Gasteiger partial charge in [-0.05, 0) is 36.3 Å². The Morgan fingerprint density at radius 1 is 1.16 bits per heavy atom. The number of thiophene rings is 1. The zero-order valence-electron chi connectivity index (χ0n) is 17.9. The van der Waals surface area contributed by atoms with Crippen molar-refractivity contribution < 1.29 is 19.1 Å². The average Bonchev–Trinajstić information content (AvgIpc) is 3.12. The maximum absolute atomic E-state index is 12.6. The molecule has 2 aromatic carbocycles. The lowest BCUT2D eigenvalue weighted by Crippen LogP contribution is -2.16.